The Labute approximate surface area is 137 Å². The van der Waals surface area contributed by atoms with Crippen LogP contribution >= 0.6 is 0 Å². The van der Waals surface area contributed by atoms with Gasteiger partial charge in [0.1, 0.15) is 0 Å². The molecule has 1 heterocycles. The van der Waals surface area contributed by atoms with Crippen LogP contribution in [0.5, 0.6) is 0 Å². The van der Waals surface area contributed by atoms with Gasteiger partial charge in [-0.15, -0.1) is 0 Å². The summed E-state index contributed by atoms with van der Waals surface area (Å²) >= 11 is 0. The molecule has 1 aliphatic heterocycles. The first-order valence-corrected chi connectivity index (χ1v) is 8.45. The summed E-state index contributed by atoms with van der Waals surface area (Å²) in [4.78, 5) is 14.6. The highest BCUT2D eigenvalue weighted by Crippen LogP contribution is 2.33. The predicted molar refractivity (Wildman–Crippen MR) is 90.9 cm³/mol. The number of amides is 1. The summed E-state index contributed by atoms with van der Waals surface area (Å²) < 4.78 is 0. The molecule has 0 radical (unpaired) electrons. The van der Waals surface area contributed by atoms with Gasteiger partial charge in [0.15, 0.2) is 0 Å². The van der Waals surface area contributed by atoms with Crippen molar-refractivity contribution < 1.29 is 4.79 Å². The molecule has 4 rings (SSSR count). The third-order valence-corrected chi connectivity index (χ3v) is 4.82. The minimum absolute atomic E-state index is 0.160. The molecule has 0 aromatic heterocycles. The fourth-order valence-electron chi connectivity index (χ4n) is 3.43. The molecule has 1 saturated carbocycles. The van der Waals surface area contributed by atoms with Crippen molar-refractivity contribution in [2.24, 2.45) is 0 Å². The molecule has 3 nitrogen and oxygen atoms in total. The molecule has 118 valence electrons. The first-order valence-electron chi connectivity index (χ1n) is 8.45. The van der Waals surface area contributed by atoms with Gasteiger partial charge in [-0.3, -0.25) is 9.69 Å². The first-order chi connectivity index (χ1) is 11.3. The lowest BCUT2D eigenvalue weighted by Gasteiger charge is -2.36. The average molecular weight is 306 g/mol. The highest BCUT2D eigenvalue weighted by atomic mass is 16.2. The molecule has 1 fully saturated rings. The summed E-state index contributed by atoms with van der Waals surface area (Å²) in [6, 6.07) is 19.8. The van der Waals surface area contributed by atoms with Crippen LogP contribution in [0, 0.1) is 0 Å². The summed E-state index contributed by atoms with van der Waals surface area (Å²) in [5, 5.41) is 3.12. The van der Waals surface area contributed by atoms with Crippen LogP contribution in [0.1, 0.15) is 35.6 Å². The van der Waals surface area contributed by atoms with Crippen molar-refractivity contribution in [3.8, 4) is 0 Å². The zero-order valence-electron chi connectivity index (χ0n) is 13.2. The summed E-state index contributed by atoms with van der Waals surface area (Å²) in [6.07, 6.45) is 3.24. The van der Waals surface area contributed by atoms with Crippen LogP contribution in [0.15, 0.2) is 54.6 Å². The molecule has 2 aromatic rings. The molecule has 2 aliphatic rings. The smallest absolute Gasteiger partial charge is 0.234 e. The first kappa shape index (κ1) is 14.5. The highest BCUT2D eigenvalue weighted by Gasteiger charge is 2.30. The zero-order chi connectivity index (χ0) is 15.6. The van der Waals surface area contributed by atoms with E-state index in [0.29, 0.717) is 12.6 Å². The number of hydrogen-bond donors (Lipinski definition) is 1. The molecule has 1 aliphatic carbocycles. The zero-order valence-corrected chi connectivity index (χ0v) is 13.2. The molecule has 1 atom stereocenters. The van der Waals surface area contributed by atoms with Crippen molar-refractivity contribution in [1.29, 1.82) is 0 Å². The van der Waals surface area contributed by atoms with Gasteiger partial charge in [0, 0.05) is 18.6 Å². The lowest BCUT2D eigenvalue weighted by Crippen LogP contribution is -2.42. The Kier molecular flexibility index (Phi) is 3.88. The second-order valence-corrected chi connectivity index (χ2v) is 6.65. The van der Waals surface area contributed by atoms with Gasteiger partial charge < -0.3 is 5.32 Å². The summed E-state index contributed by atoms with van der Waals surface area (Å²) in [6.45, 7) is 1.32. The van der Waals surface area contributed by atoms with Gasteiger partial charge in [-0.05, 0) is 36.0 Å². The highest BCUT2D eigenvalue weighted by molar-refractivity contribution is 5.78. The van der Waals surface area contributed by atoms with E-state index in [2.05, 4.69) is 58.7 Å². The summed E-state index contributed by atoms with van der Waals surface area (Å²) in [7, 11) is 0. The molecule has 1 amide bonds. The minimum atomic E-state index is 0.160. The lowest BCUT2D eigenvalue weighted by molar-refractivity contribution is -0.123. The minimum Gasteiger partial charge on any atom is -0.352 e. The Morgan fingerprint density at radius 3 is 2.43 bits per heavy atom. The van der Waals surface area contributed by atoms with E-state index < -0.39 is 0 Å². The van der Waals surface area contributed by atoms with Crippen LogP contribution < -0.4 is 5.32 Å². The maximum absolute atomic E-state index is 12.3. The molecule has 1 N–H and O–H groups in total. The van der Waals surface area contributed by atoms with Gasteiger partial charge >= 0.3 is 0 Å². The van der Waals surface area contributed by atoms with E-state index in [1.54, 1.807) is 0 Å². The Hall–Kier alpha value is -2.13. The van der Waals surface area contributed by atoms with Crippen molar-refractivity contribution in [3.63, 3.8) is 0 Å². The van der Waals surface area contributed by atoms with Crippen LogP contribution in [0.3, 0.4) is 0 Å². The number of nitrogens with one attached hydrogen (secondary N) is 1. The summed E-state index contributed by atoms with van der Waals surface area (Å²) in [5.41, 5.74) is 4.04. The number of benzene rings is 2. The number of rotatable bonds is 4. The van der Waals surface area contributed by atoms with Gasteiger partial charge in [0.05, 0.1) is 6.54 Å². The van der Waals surface area contributed by atoms with E-state index in [9.17, 15) is 4.79 Å². The Morgan fingerprint density at radius 2 is 1.70 bits per heavy atom. The number of carbonyl (C=O) groups excluding carboxylic acids is 1. The fraction of sp³-hybridized carbons (Fsp3) is 0.350. The van der Waals surface area contributed by atoms with Crippen molar-refractivity contribution in [3.05, 3.63) is 71.3 Å². The maximum atomic E-state index is 12.3. The van der Waals surface area contributed by atoms with Crippen LogP contribution in [0.4, 0.5) is 0 Å². The Balaban J connectivity index is 1.58. The second kappa shape index (κ2) is 6.17. The normalized spacial score (nSPS) is 20.8. The SMILES string of the molecule is O=C(CN1Cc2ccccc2CC1c1ccccc1)NC1CC1. The number of nitrogens with zero attached hydrogens (tertiary/aromatic N) is 1. The number of fused-ring (bicyclic) bond motifs is 1. The van der Waals surface area contributed by atoms with Crippen LogP contribution in [0.25, 0.3) is 0 Å². The van der Waals surface area contributed by atoms with E-state index in [0.717, 1.165) is 25.8 Å². The number of hydrogen-bond acceptors (Lipinski definition) is 2. The number of carbonyl (C=O) groups is 1. The molecule has 0 bridgehead atoms. The molecule has 3 heteroatoms. The van der Waals surface area contributed by atoms with Crippen molar-refractivity contribution in [2.45, 2.75) is 37.9 Å². The average Bonchev–Trinajstić information content (AvgIpc) is 3.39. The molecular formula is C20H22N2O. The Bertz CT molecular complexity index is 694. The fourth-order valence-corrected chi connectivity index (χ4v) is 3.43. The van der Waals surface area contributed by atoms with E-state index in [1.165, 1.54) is 16.7 Å². The van der Waals surface area contributed by atoms with Gasteiger partial charge in [-0.1, -0.05) is 54.6 Å². The molecular weight excluding hydrogens is 284 g/mol. The van der Waals surface area contributed by atoms with Crippen molar-refractivity contribution in [1.82, 2.24) is 10.2 Å². The third kappa shape index (κ3) is 3.30. The lowest BCUT2D eigenvalue weighted by atomic mass is 9.90. The van der Waals surface area contributed by atoms with E-state index >= 15 is 0 Å². The van der Waals surface area contributed by atoms with E-state index in [-0.39, 0.29) is 11.9 Å². The predicted octanol–water partition coefficient (Wildman–Crippen LogP) is 3.06. The largest absolute Gasteiger partial charge is 0.352 e. The molecule has 0 spiro atoms. The van der Waals surface area contributed by atoms with Crippen LogP contribution in [0.2, 0.25) is 0 Å². The summed E-state index contributed by atoms with van der Waals surface area (Å²) in [5.74, 6) is 0.160. The van der Waals surface area contributed by atoms with Crippen LogP contribution in [-0.4, -0.2) is 23.4 Å². The monoisotopic (exact) mass is 306 g/mol. The Morgan fingerprint density at radius 1 is 1.00 bits per heavy atom. The second-order valence-electron chi connectivity index (χ2n) is 6.65. The van der Waals surface area contributed by atoms with Crippen molar-refractivity contribution >= 4 is 5.91 Å². The molecule has 0 saturated heterocycles. The third-order valence-electron chi connectivity index (χ3n) is 4.82. The topological polar surface area (TPSA) is 32.3 Å². The van der Waals surface area contributed by atoms with E-state index in [4.69, 9.17) is 0 Å². The maximum Gasteiger partial charge on any atom is 0.234 e. The quantitative estimate of drug-likeness (QED) is 0.941. The van der Waals surface area contributed by atoms with Gasteiger partial charge in [-0.25, -0.2) is 0 Å². The molecule has 23 heavy (non-hydrogen) atoms. The standard InChI is InChI=1S/C20H22N2O/c23-20(21-18-10-11-18)14-22-13-17-9-5-4-8-16(17)12-19(22)15-6-2-1-3-7-15/h1-9,18-19H,10-14H2,(H,21,23). The van der Waals surface area contributed by atoms with E-state index in [1.807, 2.05) is 6.07 Å². The molecule has 2 aromatic carbocycles. The van der Waals surface area contributed by atoms with Gasteiger partial charge in [0.25, 0.3) is 0 Å². The van der Waals surface area contributed by atoms with Gasteiger partial charge in [0.2, 0.25) is 5.91 Å². The van der Waals surface area contributed by atoms with Gasteiger partial charge in [-0.2, -0.15) is 0 Å². The van der Waals surface area contributed by atoms with Crippen molar-refractivity contribution in [2.75, 3.05) is 6.54 Å². The van der Waals surface area contributed by atoms with Crippen LogP contribution in [-0.2, 0) is 17.8 Å². The molecule has 1 unspecified atom stereocenters.